The zero-order valence-corrected chi connectivity index (χ0v) is 15.0. The Morgan fingerprint density at radius 2 is 2.00 bits per heavy atom. The number of carbonyl (C=O) groups is 1. The smallest absolute Gasteiger partial charge is 0.328 e. The normalized spacial score (nSPS) is 15.9. The van der Waals surface area contributed by atoms with Gasteiger partial charge in [0.15, 0.2) is 0 Å². The number of aromatic nitrogens is 1. The van der Waals surface area contributed by atoms with Crippen molar-refractivity contribution in [3.8, 4) is 0 Å². The van der Waals surface area contributed by atoms with Crippen LogP contribution in [0, 0.1) is 13.8 Å². The second kappa shape index (κ2) is 6.44. The molecule has 0 radical (unpaired) electrons. The Kier molecular flexibility index (Phi) is 4.62. The van der Waals surface area contributed by atoms with Gasteiger partial charge in [-0.2, -0.15) is 13.2 Å². The van der Waals surface area contributed by atoms with Gasteiger partial charge in [-0.05, 0) is 51.3 Å². The van der Waals surface area contributed by atoms with Crippen molar-refractivity contribution in [2.45, 2.75) is 51.9 Å². The lowest BCUT2D eigenvalue weighted by Crippen LogP contribution is -2.35. The molecule has 1 atom stereocenters. The fraction of sp³-hybridized carbons (Fsp3) is 0.444. The molecule has 0 unspecified atom stereocenters. The van der Waals surface area contributed by atoms with Crippen molar-refractivity contribution in [1.29, 1.82) is 0 Å². The molecule has 1 aromatic heterocycles. The summed E-state index contributed by atoms with van der Waals surface area (Å²) in [6.45, 7) is 5.41. The van der Waals surface area contributed by atoms with E-state index in [4.69, 9.17) is 0 Å². The van der Waals surface area contributed by atoms with E-state index in [9.17, 15) is 18.0 Å². The van der Waals surface area contributed by atoms with Crippen LogP contribution in [0.2, 0.25) is 0 Å². The number of carbonyl (C=O) groups excluding carboxylic acids is 1. The summed E-state index contributed by atoms with van der Waals surface area (Å²) in [4.78, 5) is 19.6. The topological polar surface area (TPSA) is 33.2 Å². The van der Waals surface area contributed by atoms with Gasteiger partial charge in [-0.15, -0.1) is 11.3 Å². The van der Waals surface area contributed by atoms with Gasteiger partial charge in [0.05, 0.1) is 22.3 Å². The first-order valence-electron chi connectivity index (χ1n) is 8.12. The SMILES string of the molecule is Cc1nc(C)c(C(=O)N(C2CC2)[C@H](C)c2cccc(C(F)(F)F)c2)s1. The molecular formula is C18H19F3N2OS. The van der Waals surface area contributed by atoms with Crippen LogP contribution in [0.25, 0.3) is 0 Å². The van der Waals surface area contributed by atoms with Gasteiger partial charge in [-0.1, -0.05) is 12.1 Å². The maximum atomic E-state index is 13.0. The van der Waals surface area contributed by atoms with E-state index in [1.165, 1.54) is 17.4 Å². The molecule has 3 rings (SSSR count). The van der Waals surface area contributed by atoms with Crippen LogP contribution >= 0.6 is 11.3 Å². The minimum absolute atomic E-state index is 0.0823. The molecule has 2 aromatic rings. The van der Waals surface area contributed by atoms with Crippen molar-refractivity contribution in [2.75, 3.05) is 0 Å². The van der Waals surface area contributed by atoms with Gasteiger partial charge in [0.1, 0.15) is 4.88 Å². The molecule has 0 bridgehead atoms. The Morgan fingerprint density at radius 3 is 2.52 bits per heavy atom. The lowest BCUT2D eigenvalue weighted by molar-refractivity contribution is -0.137. The summed E-state index contributed by atoms with van der Waals surface area (Å²) in [5.41, 5.74) is 0.480. The van der Waals surface area contributed by atoms with Crippen molar-refractivity contribution >= 4 is 17.2 Å². The largest absolute Gasteiger partial charge is 0.416 e. The Morgan fingerprint density at radius 1 is 1.32 bits per heavy atom. The van der Waals surface area contributed by atoms with E-state index in [2.05, 4.69) is 4.98 Å². The standard InChI is InChI=1S/C18H19F3N2OS/c1-10-16(25-12(3)22-10)17(24)23(15-7-8-15)11(2)13-5-4-6-14(9-13)18(19,20)21/h4-6,9,11,15H,7-8H2,1-3H3/t11-/m1/s1. The zero-order chi connectivity index (χ0) is 18.4. The average Bonchev–Trinajstić information content (AvgIpc) is 3.30. The van der Waals surface area contributed by atoms with Crippen molar-refractivity contribution in [3.05, 3.63) is 51.0 Å². The second-order valence-electron chi connectivity index (χ2n) is 6.39. The fourth-order valence-electron chi connectivity index (χ4n) is 2.99. The Balaban J connectivity index is 1.93. The van der Waals surface area contributed by atoms with Gasteiger partial charge in [0, 0.05) is 6.04 Å². The molecular weight excluding hydrogens is 349 g/mol. The predicted octanol–water partition coefficient (Wildman–Crippen LogP) is 5.14. The highest BCUT2D eigenvalue weighted by Gasteiger charge is 2.38. The lowest BCUT2D eigenvalue weighted by Gasteiger charge is -2.30. The minimum atomic E-state index is -4.39. The van der Waals surface area contributed by atoms with Crippen LogP contribution in [-0.2, 0) is 6.18 Å². The van der Waals surface area contributed by atoms with Crippen LogP contribution in [0.4, 0.5) is 13.2 Å². The van der Waals surface area contributed by atoms with E-state index in [-0.39, 0.29) is 11.9 Å². The molecule has 7 heteroatoms. The fourth-order valence-corrected chi connectivity index (χ4v) is 3.86. The summed E-state index contributed by atoms with van der Waals surface area (Å²) in [5.74, 6) is -0.143. The van der Waals surface area contributed by atoms with Gasteiger partial charge < -0.3 is 4.90 Å². The highest BCUT2D eigenvalue weighted by atomic mass is 32.1. The van der Waals surface area contributed by atoms with E-state index in [0.29, 0.717) is 16.1 Å². The van der Waals surface area contributed by atoms with Gasteiger partial charge in [-0.25, -0.2) is 4.98 Å². The number of thiazole rings is 1. The number of nitrogens with zero attached hydrogens (tertiary/aromatic N) is 2. The number of amides is 1. The molecule has 1 aliphatic carbocycles. The van der Waals surface area contributed by atoms with Crippen LogP contribution in [-0.4, -0.2) is 21.8 Å². The summed E-state index contributed by atoms with van der Waals surface area (Å²) in [6, 6.07) is 4.89. The summed E-state index contributed by atoms with van der Waals surface area (Å²) in [7, 11) is 0. The molecule has 1 saturated carbocycles. The molecule has 1 heterocycles. The van der Waals surface area contributed by atoms with Crippen molar-refractivity contribution in [1.82, 2.24) is 9.88 Å². The van der Waals surface area contributed by atoms with Crippen LogP contribution < -0.4 is 0 Å². The number of rotatable bonds is 4. The van der Waals surface area contributed by atoms with E-state index in [1.807, 2.05) is 6.92 Å². The molecule has 3 nitrogen and oxygen atoms in total. The van der Waals surface area contributed by atoms with Crippen molar-refractivity contribution < 1.29 is 18.0 Å². The summed E-state index contributed by atoms with van der Waals surface area (Å²) < 4.78 is 39.0. The number of alkyl halides is 3. The van der Waals surface area contributed by atoms with E-state index in [1.54, 1.807) is 24.8 Å². The van der Waals surface area contributed by atoms with Crippen molar-refractivity contribution in [3.63, 3.8) is 0 Å². The van der Waals surface area contributed by atoms with E-state index >= 15 is 0 Å². The number of aryl methyl sites for hydroxylation is 2. The number of hydrogen-bond acceptors (Lipinski definition) is 3. The molecule has 1 fully saturated rings. The molecule has 134 valence electrons. The predicted molar refractivity (Wildman–Crippen MR) is 90.6 cm³/mol. The third-order valence-electron chi connectivity index (χ3n) is 4.39. The molecule has 1 aromatic carbocycles. The molecule has 0 aliphatic heterocycles. The molecule has 1 aliphatic rings. The Hall–Kier alpha value is -1.89. The first-order chi connectivity index (χ1) is 11.7. The van der Waals surface area contributed by atoms with E-state index in [0.717, 1.165) is 30.0 Å². The lowest BCUT2D eigenvalue weighted by atomic mass is 10.0. The number of halogens is 3. The summed E-state index contributed by atoms with van der Waals surface area (Å²) in [6.07, 6.45) is -2.63. The molecule has 0 N–H and O–H groups in total. The van der Waals surface area contributed by atoms with Crippen molar-refractivity contribution in [2.24, 2.45) is 0 Å². The average molecular weight is 368 g/mol. The third-order valence-corrected chi connectivity index (χ3v) is 5.45. The Labute approximate surface area is 148 Å². The number of hydrogen-bond donors (Lipinski definition) is 0. The van der Waals surface area contributed by atoms with Crippen LogP contribution in [0.5, 0.6) is 0 Å². The summed E-state index contributed by atoms with van der Waals surface area (Å²) in [5, 5.41) is 0.809. The molecule has 0 saturated heterocycles. The highest BCUT2D eigenvalue weighted by Crippen LogP contribution is 2.38. The number of benzene rings is 1. The van der Waals surface area contributed by atoms with Gasteiger partial charge in [0.25, 0.3) is 5.91 Å². The minimum Gasteiger partial charge on any atom is -0.328 e. The third kappa shape index (κ3) is 3.71. The molecule has 1 amide bonds. The quantitative estimate of drug-likeness (QED) is 0.748. The van der Waals surface area contributed by atoms with Crippen LogP contribution in [0.1, 0.15) is 57.3 Å². The van der Waals surface area contributed by atoms with Gasteiger partial charge in [0.2, 0.25) is 0 Å². The zero-order valence-electron chi connectivity index (χ0n) is 14.2. The first kappa shape index (κ1) is 17.9. The maximum absolute atomic E-state index is 13.0. The monoisotopic (exact) mass is 368 g/mol. The van der Waals surface area contributed by atoms with E-state index < -0.39 is 17.8 Å². The van der Waals surface area contributed by atoms with Crippen LogP contribution in [0.3, 0.4) is 0 Å². The summed E-state index contributed by atoms with van der Waals surface area (Å²) >= 11 is 1.33. The van der Waals surface area contributed by atoms with Crippen LogP contribution in [0.15, 0.2) is 24.3 Å². The van der Waals surface area contributed by atoms with Gasteiger partial charge >= 0.3 is 6.18 Å². The maximum Gasteiger partial charge on any atom is 0.416 e. The van der Waals surface area contributed by atoms with Gasteiger partial charge in [-0.3, -0.25) is 4.79 Å². The molecule has 25 heavy (non-hydrogen) atoms. The highest BCUT2D eigenvalue weighted by molar-refractivity contribution is 7.13. The Bertz CT molecular complexity index is 796. The molecule has 0 spiro atoms. The first-order valence-corrected chi connectivity index (χ1v) is 8.94. The second-order valence-corrected chi connectivity index (χ2v) is 7.59.